The average Bonchev–Trinajstić information content (AvgIpc) is 2.21. The number of nitrogens with two attached hydrogens (primary N) is 1. The summed E-state index contributed by atoms with van der Waals surface area (Å²) in [5, 5.41) is 3.10. The summed E-state index contributed by atoms with van der Waals surface area (Å²) in [5.74, 6) is 0.810. The van der Waals surface area contributed by atoms with Crippen LogP contribution in [0.1, 0.15) is 52.9 Å². The van der Waals surface area contributed by atoms with Crippen LogP contribution in [0.5, 0.6) is 0 Å². The van der Waals surface area contributed by atoms with Crippen LogP contribution in [0, 0.1) is 5.92 Å². The molecule has 0 aromatic carbocycles. The highest BCUT2D eigenvalue weighted by Gasteiger charge is 2.31. The molecule has 1 aliphatic rings. The molecule has 0 spiro atoms. The lowest BCUT2D eigenvalue weighted by Crippen LogP contribution is -2.53. The number of halogens is 1. The highest BCUT2D eigenvalue weighted by molar-refractivity contribution is 5.85. The molecule has 96 valence electrons. The topological polar surface area (TPSA) is 55.1 Å². The third kappa shape index (κ3) is 4.30. The summed E-state index contributed by atoms with van der Waals surface area (Å²) in [4.78, 5) is 11.7. The van der Waals surface area contributed by atoms with Crippen LogP contribution >= 0.6 is 12.4 Å². The highest BCUT2D eigenvalue weighted by Crippen LogP contribution is 2.31. The summed E-state index contributed by atoms with van der Waals surface area (Å²) in [6.07, 6.45) is 5.28. The van der Waals surface area contributed by atoms with E-state index in [2.05, 4.69) is 19.2 Å². The summed E-state index contributed by atoms with van der Waals surface area (Å²) >= 11 is 0. The van der Waals surface area contributed by atoms with Crippen molar-refractivity contribution in [3.05, 3.63) is 0 Å². The number of hydrogen-bond acceptors (Lipinski definition) is 2. The number of rotatable bonds is 3. The summed E-state index contributed by atoms with van der Waals surface area (Å²) < 4.78 is 0. The molecule has 4 heteroatoms. The molecule has 0 heterocycles. The van der Waals surface area contributed by atoms with Crippen molar-refractivity contribution >= 4 is 18.3 Å². The molecule has 0 bridgehead atoms. The summed E-state index contributed by atoms with van der Waals surface area (Å²) in [6.45, 7) is 6.36. The molecule has 0 aromatic heterocycles. The van der Waals surface area contributed by atoms with Gasteiger partial charge in [0.1, 0.15) is 0 Å². The molecular weight excluding hydrogens is 224 g/mol. The number of carbonyl (C=O) groups excluding carboxylic acids is 1. The van der Waals surface area contributed by atoms with Gasteiger partial charge in [-0.05, 0) is 44.9 Å². The first-order valence-corrected chi connectivity index (χ1v) is 6.04. The Balaban J connectivity index is 0.00000225. The molecule has 1 atom stereocenters. The first kappa shape index (κ1) is 15.7. The van der Waals surface area contributed by atoms with Gasteiger partial charge in [0.25, 0.3) is 0 Å². The lowest BCUT2D eigenvalue weighted by Gasteiger charge is -2.37. The minimum absolute atomic E-state index is 0. The fourth-order valence-electron chi connectivity index (χ4n) is 2.10. The summed E-state index contributed by atoms with van der Waals surface area (Å²) in [7, 11) is 0. The van der Waals surface area contributed by atoms with Crippen LogP contribution in [0.15, 0.2) is 0 Å². The zero-order chi connectivity index (χ0) is 11.5. The molecule has 0 aromatic rings. The first-order valence-electron chi connectivity index (χ1n) is 6.04. The van der Waals surface area contributed by atoms with E-state index in [1.165, 1.54) is 12.8 Å². The minimum atomic E-state index is -0.346. The molecule has 3 nitrogen and oxygen atoms in total. The van der Waals surface area contributed by atoms with Crippen molar-refractivity contribution in [3.63, 3.8) is 0 Å². The maximum atomic E-state index is 11.7. The van der Waals surface area contributed by atoms with Crippen LogP contribution in [0.25, 0.3) is 0 Å². The normalized spacial score (nSPS) is 31.4. The van der Waals surface area contributed by atoms with Gasteiger partial charge in [0.2, 0.25) is 5.91 Å². The lowest BCUT2D eigenvalue weighted by atomic mass is 9.78. The second-order valence-corrected chi connectivity index (χ2v) is 5.25. The Labute approximate surface area is 105 Å². The number of hydrogen-bond donors (Lipinski definition) is 2. The van der Waals surface area contributed by atoms with E-state index in [4.69, 9.17) is 5.73 Å². The van der Waals surface area contributed by atoms with Crippen molar-refractivity contribution in [1.82, 2.24) is 5.32 Å². The Morgan fingerprint density at radius 3 is 2.44 bits per heavy atom. The molecule has 3 N–H and O–H groups in total. The van der Waals surface area contributed by atoms with Crippen LogP contribution < -0.4 is 11.1 Å². The minimum Gasteiger partial charge on any atom is -0.350 e. The highest BCUT2D eigenvalue weighted by atomic mass is 35.5. The second kappa shape index (κ2) is 6.45. The SMILES string of the molecule is CC[C@H](N)C(=O)NC1(C)CCC(C)CC1.Cl. The van der Waals surface area contributed by atoms with Gasteiger partial charge in [-0.15, -0.1) is 12.4 Å². The Kier molecular flexibility index (Phi) is 6.34. The average molecular weight is 249 g/mol. The van der Waals surface area contributed by atoms with E-state index < -0.39 is 0 Å². The lowest BCUT2D eigenvalue weighted by molar-refractivity contribution is -0.124. The summed E-state index contributed by atoms with van der Waals surface area (Å²) in [5.41, 5.74) is 5.69. The van der Waals surface area contributed by atoms with E-state index in [-0.39, 0.29) is 29.9 Å². The van der Waals surface area contributed by atoms with Crippen LogP contribution in [0.3, 0.4) is 0 Å². The molecule has 16 heavy (non-hydrogen) atoms. The quantitative estimate of drug-likeness (QED) is 0.805. The third-order valence-corrected chi connectivity index (χ3v) is 3.58. The van der Waals surface area contributed by atoms with Gasteiger partial charge < -0.3 is 11.1 Å². The van der Waals surface area contributed by atoms with Crippen molar-refractivity contribution in [2.24, 2.45) is 11.7 Å². The number of carbonyl (C=O) groups is 1. The maximum absolute atomic E-state index is 11.7. The summed E-state index contributed by atoms with van der Waals surface area (Å²) in [6, 6.07) is -0.346. The fourth-order valence-corrected chi connectivity index (χ4v) is 2.10. The van der Waals surface area contributed by atoms with Gasteiger partial charge in [-0.3, -0.25) is 4.79 Å². The zero-order valence-electron chi connectivity index (χ0n) is 10.6. The molecular formula is C12H25ClN2O. The molecule has 1 fully saturated rings. The Bertz CT molecular complexity index is 225. The van der Waals surface area contributed by atoms with E-state index >= 15 is 0 Å². The van der Waals surface area contributed by atoms with Crippen LogP contribution in [0.4, 0.5) is 0 Å². The van der Waals surface area contributed by atoms with E-state index in [0.717, 1.165) is 18.8 Å². The van der Waals surface area contributed by atoms with E-state index in [0.29, 0.717) is 6.42 Å². The van der Waals surface area contributed by atoms with Gasteiger partial charge in [0.05, 0.1) is 6.04 Å². The van der Waals surface area contributed by atoms with Crippen molar-refractivity contribution in [2.75, 3.05) is 0 Å². The van der Waals surface area contributed by atoms with E-state index in [1.807, 2.05) is 6.92 Å². The number of nitrogens with one attached hydrogen (secondary N) is 1. The van der Waals surface area contributed by atoms with E-state index in [9.17, 15) is 4.79 Å². The van der Waals surface area contributed by atoms with Gasteiger partial charge in [-0.25, -0.2) is 0 Å². The molecule has 1 aliphatic carbocycles. The van der Waals surface area contributed by atoms with Crippen LogP contribution in [0.2, 0.25) is 0 Å². The Hall–Kier alpha value is -0.280. The van der Waals surface area contributed by atoms with Gasteiger partial charge >= 0.3 is 0 Å². The first-order chi connectivity index (χ1) is 6.97. The van der Waals surface area contributed by atoms with Crippen LogP contribution in [-0.4, -0.2) is 17.5 Å². The van der Waals surface area contributed by atoms with E-state index in [1.54, 1.807) is 0 Å². The predicted molar refractivity (Wildman–Crippen MR) is 69.7 cm³/mol. The monoisotopic (exact) mass is 248 g/mol. The molecule has 0 aliphatic heterocycles. The molecule has 1 amide bonds. The Morgan fingerprint density at radius 2 is 2.00 bits per heavy atom. The largest absolute Gasteiger partial charge is 0.350 e. The predicted octanol–water partition coefficient (Wildman–Crippen LogP) is 2.23. The molecule has 0 unspecified atom stereocenters. The Morgan fingerprint density at radius 1 is 1.50 bits per heavy atom. The van der Waals surface area contributed by atoms with Crippen LogP contribution in [-0.2, 0) is 4.79 Å². The van der Waals surface area contributed by atoms with Gasteiger partial charge in [-0.2, -0.15) is 0 Å². The van der Waals surface area contributed by atoms with Crippen molar-refractivity contribution in [3.8, 4) is 0 Å². The van der Waals surface area contributed by atoms with Crippen molar-refractivity contribution in [1.29, 1.82) is 0 Å². The van der Waals surface area contributed by atoms with Gasteiger partial charge in [-0.1, -0.05) is 13.8 Å². The van der Waals surface area contributed by atoms with Gasteiger partial charge in [0.15, 0.2) is 0 Å². The van der Waals surface area contributed by atoms with Gasteiger partial charge in [0, 0.05) is 5.54 Å². The maximum Gasteiger partial charge on any atom is 0.237 e. The third-order valence-electron chi connectivity index (χ3n) is 3.58. The fraction of sp³-hybridized carbons (Fsp3) is 0.917. The van der Waals surface area contributed by atoms with Crippen molar-refractivity contribution < 1.29 is 4.79 Å². The molecule has 1 rings (SSSR count). The molecule has 1 saturated carbocycles. The molecule has 0 radical (unpaired) electrons. The number of amides is 1. The zero-order valence-corrected chi connectivity index (χ0v) is 11.4. The smallest absolute Gasteiger partial charge is 0.237 e. The standard InChI is InChI=1S/C12H24N2O.ClH/c1-4-10(13)11(15)14-12(3)7-5-9(2)6-8-12;/h9-10H,4-8,13H2,1-3H3,(H,14,15);1H/t9?,10-,12?;/m0./s1. The second-order valence-electron chi connectivity index (χ2n) is 5.25. The molecule has 0 saturated heterocycles. The van der Waals surface area contributed by atoms with Crippen molar-refractivity contribution in [2.45, 2.75) is 64.5 Å².